The molecule has 0 spiro atoms. The first kappa shape index (κ1) is 20.3. The molecule has 0 saturated carbocycles. The van der Waals surface area contributed by atoms with Gasteiger partial charge in [-0.25, -0.2) is 0 Å². The maximum atomic E-state index is 12.7. The molecule has 6 nitrogen and oxygen atoms in total. The highest BCUT2D eigenvalue weighted by molar-refractivity contribution is 5.92. The summed E-state index contributed by atoms with van der Waals surface area (Å²) in [5.74, 6) is 1.81. The normalized spacial score (nSPS) is 15.4. The molecule has 1 amide bonds. The van der Waals surface area contributed by atoms with E-state index in [0.29, 0.717) is 24.2 Å². The Bertz CT molecular complexity index is 976. The minimum absolute atomic E-state index is 0.0338. The molecule has 0 radical (unpaired) electrons. The maximum Gasteiger partial charge on any atom is 0.241 e. The molecule has 1 aliphatic heterocycles. The first-order chi connectivity index (χ1) is 14.6. The number of rotatable bonds is 6. The van der Waals surface area contributed by atoms with E-state index in [1.165, 1.54) is 5.56 Å². The van der Waals surface area contributed by atoms with Gasteiger partial charge in [0.25, 0.3) is 0 Å². The number of aromatic nitrogens is 2. The second-order valence-corrected chi connectivity index (χ2v) is 8.20. The third kappa shape index (κ3) is 4.94. The summed E-state index contributed by atoms with van der Waals surface area (Å²) in [5.41, 5.74) is 3.06. The van der Waals surface area contributed by atoms with Crippen molar-refractivity contribution >= 4 is 11.6 Å². The molecule has 0 aliphatic carbocycles. The van der Waals surface area contributed by atoms with Gasteiger partial charge in [-0.15, -0.1) is 0 Å². The number of anilines is 1. The zero-order chi connectivity index (χ0) is 20.9. The van der Waals surface area contributed by atoms with Crippen LogP contribution in [0.1, 0.15) is 44.1 Å². The number of piperidine rings is 1. The molecule has 1 fully saturated rings. The fourth-order valence-electron chi connectivity index (χ4n) is 3.79. The lowest BCUT2D eigenvalue weighted by molar-refractivity contribution is -0.121. The van der Waals surface area contributed by atoms with E-state index in [1.54, 1.807) is 0 Å². The quantitative estimate of drug-likeness (QED) is 0.644. The predicted octanol–water partition coefficient (Wildman–Crippen LogP) is 4.71. The minimum Gasteiger partial charge on any atom is -0.338 e. The average molecular weight is 405 g/mol. The summed E-state index contributed by atoms with van der Waals surface area (Å²) in [7, 11) is 0. The van der Waals surface area contributed by atoms with Crippen LogP contribution in [0.3, 0.4) is 0 Å². The molecule has 2 aromatic carbocycles. The predicted molar refractivity (Wildman–Crippen MR) is 117 cm³/mol. The molecule has 1 aliphatic rings. The highest BCUT2D eigenvalue weighted by atomic mass is 16.5. The number of nitrogens with one attached hydrogen (secondary N) is 1. The molecule has 156 valence electrons. The molecule has 30 heavy (non-hydrogen) atoms. The minimum atomic E-state index is 0.0338. The van der Waals surface area contributed by atoms with Gasteiger partial charge in [-0.3, -0.25) is 9.69 Å². The van der Waals surface area contributed by atoms with E-state index >= 15 is 0 Å². The number of hydrogen-bond acceptors (Lipinski definition) is 5. The zero-order valence-electron chi connectivity index (χ0n) is 17.5. The fourth-order valence-corrected chi connectivity index (χ4v) is 3.79. The zero-order valence-corrected chi connectivity index (χ0v) is 17.5. The van der Waals surface area contributed by atoms with Crippen molar-refractivity contribution in [1.29, 1.82) is 0 Å². The van der Waals surface area contributed by atoms with Crippen molar-refractivity contribution in [2.75, 3.05) is 18.4 Å². The first-order valence-corrected chi connectivity index (χ1v) is 10.6. The molecular weight excluding hydrogens is 376 g/mol. The monoisotopic (exact) mass is 404 g/mol. The second kappa shape index (κ2) is 9.22. The number of benzene rings is 2. The molecule has 4 rings (SSSR count). The molecule has 3 aromatic rings. The fraction of sp³-hybridized carbons (Fsp3) is 0.375. The van der Waals surface area contributed by atoms with Gasteiger partial charge in [0, 0.05) is 17.2 Å². The number of carbonyl (C=O) groups excluding carboxylic acids is 1. The summed E-state index contributed by atoms with van der Waals surface area (Å²) in [4.78, 5) is 19.5. The molecular formula is C24H28N4O2. The van der Waals surface area contributed by atoms with Crippen molar-refractivity contribution in [1.82, 2.24) is 15.0 Å². The standard InChI is InChI=1S/C24H28N4O2/c1-17(2)20-9-6-10-21(15-20)25-24(29)19-11-13-28(14-12-19)16-22-26-23(27-30-22)18-7-4-3-5-8-18/h3-10,15,17,19H,11-14,16H2,1-2H3,(H,25,29). The molecule has 1 N–H and O–H groups in total. The van der Waals surface area contributed by atoms with E-state index in [9.17, 15) is 4.79 Å². The number of amides is 1. The summed E-state index contributed by atoms with van der Waals surface area (Å²) < 4.78 is 5.42. The van der Waals surface area contributed by atoms with Crippen LogP contribution in [0.25, 0.3) is 11.4 Å². The van der Waals surface area contributed by atoms with Crippen LogP contribution < -0.4 is 5.32 Å². The maximum absolute atomic E-state index is 12.7. The SMILES string of the molecule is CC(C)c1cccc(NC(=O)C2CCN(Cc3nc(-c4ccccc4)no3)CC2)c1. The van der Waals surface area contributed by atoms with Crippen molar-refractivity contribution in [2.24, 2.45) is 5.92 Å². The Kier molecular flexibility index (Phi) is 6.23. The van der Waals surface area contributed by atoms with Crippen molar-refractivity contribution in [2.45, 2.75) is 39.2 Å². The van der Waals surface area contributed by atoms with Crippen LogP contribution in [0, 0.1) is 5.92 Å². The Balaban J connectivity index is 1.28. The van der Waals surface area contributed by atoms with Crippen LogP contribution in [0.5, 0.6) is 0 Å². The van der Waals surface area contributed by atoms with Crippen LogP contribution >= 0.6 is 0 Å². The number of hydrogen-bond donors (Lipinski definition) is 1. The summed E-state index contributed by atoms with van der Waals surface area (Å²) in [6.07, 6.45) is 1.66. The third-order valence-electron chi connectivity index (χ3n) is 5.64. The summed E-state index contributed by atoms with van der Waals surface area (Å²) in [6.45, 7) is 6.61. The number of likely N-dealkylation sites (tertiary alicyclic amines) is 1. The highest BCUT2D eigenvalue weighted by Crippen LogP contribution is 2.23. The van der Waals surface area contributed by atoms with Gasteiger partial charge in [0.15, 0.2) is 0 Å². The van der Waals surface area contributed by atoms with Crippen LogP contribution in [0.2, 0.25) is 0 Å². The van der Waals surface area contributed by atoms with Gasteiger partial charge in [0.2, 0.25) is 17.6 Å². The van der Waals surface area contributed by atoms with E-state index in [-0.39, 0.29) is 11.8 Å². The highest BCUT2D eigenvalue weighted by Gasteiger charge is 2.26. The van der Waals surface area contributed by atoms with Crippen LogP contribution in [0.4, 0.5) is 5.69 Å². The van der Waals surface area contributed by atoms with E-state index in [2.05, 4.69) is 46.3 Å². The molecule has 1 aromatic heterocycles. The second-order valence-electron chi connectivity index (χ2n) is 8.20. The van der Waals surface area contributed by atoms with Crippen molar-refractivity contribution in [3.8, 4) is 11.4 Å². The lowest BCUT2D eigenvalue weighted by Crippen LogP contribution is -2.37. The van der Waals surface area contributed by atoms with Crippen molar-refractivity contribution < 1.29 is 9.32 Å². The summed E-state index contributed by atoms with van der Waals surface area (Å²) in [5, 5.41) is 7.18. The van der Waals surface area contributed by atoms with Crippen LogP contribution in [-0.2, 0) is 11.3 Å². The summed E-state index contributed by atoms with van der Waals surface area (Å²) >= 11 is 0. The first-order valence-electron chi connectivity index (χ1n) is 10.6. The molecule has 1 saturated heterocycles. The van der Waals surface area contributed by atoms with Gasteiger partial charge < -0.3 is 9.84 Å². The van der Waals surface area contributed by atoms with Gasteiger partial charge in [-0.2, -0.15) is 4.98 Å². The Hall–Kier alpha value is -2.99. The average Bonchev–Trinajstić information content (AvgIpc) is 3.23. The van der Waals surface area contributed by atoms with Gasteiger partial charge in [-0.1, -0.05) is 61.5 Å². The topological polar surface area (TPSA) is 71.3 Å². The molecule has 0 unspecified atom stereocenters. The van der Waals surface area contributed by atoms with Gasteiger partial charge in [0.1, 0.15) is 0 Å². The number of carbonyl (C=O) groups is 1. The Morgan fingerprint density at radius 3 is 2.63 bits per heavy atom. The molecule has 6 heteroatoms. The van der Waals surface area contributed by atoms with E-state index in [4.69, 9.17) is 4.52 Å². The van der Waals surface area contributed by atoms with Gasteiger partial charge in [-0.05, 0) is 49.5 Å². The van der Waals surface area contributed by atoms with E-state index < -0.39 is 0 Å². The Morgan fingerprint density at radius 2 is 1.90 bits per heavy atom. The van der Waals surface area contributed by atoms with Crippen molar-refractivity contribution in [3.63, 3.8) is 0 Å². The van der Waals surface area contributed by atoms with Crippen LogP contribution in [-0.4, -0.2) is 34.0 Å². The number of nitrogens with zero attached hydrogens (tertiary/aromatic N) is 3. The van der Waals surface area contributed by atoms with Gasteiger partial charge >= 0.3 is 0 Å². The third-order valence-corrected chi connectivity index (χ3v) is 5.64. The van der Waals surface area contributed by atoms with E-state index in [0.717, 1.165) is 37.2 Å². The van der Waals surface area contributed by atoms with Gasteiger partial charge in [0.05, 0.1) is 6.54 Å². The molecule has 0 bridgehead atoms. The lowest BCUT2D eigenvalue weighted by Gasteiger charge is -2.30. The smallest absolute Gasteiger partial charge is 0.241 e. The Morgan fingerprint density at radius 1 is 1.13 bits per heavy atom. The van der Waals surface area contributed by atoms with Crippen molar-refractivity contribution in [3.05, 3.63) is 66.1 Å². The summed E-state index contributed by atoms with van der Waals surface area (Å²) in [6, 6.07) is 17.9. The van der Waals surface area contributed by atoms with E-state index in [1.807, 2.05) is 42.5 Å². The molecule has 0 atom stereocenters. The molecule has 2 heterocycles. The Labute approximate surface area is 177 Å². The largest absolute Gasteiger partial charge is 0.338 e. The van der Waals surface area contributed by atoms with Crippen LogP contribution in [0.15, 0.2) is 59.1 Å². The lowest BCUT2D eigenvalue weighted by atomic mass is 9.95.